The summed E-state index contributed by atoms with van der Waals surface area (Å²) in [6.45, 7) is 8.41. The van der Waals surface area contributed by atoms with Crippen molar-refractivity contribution in [2.75, 3.05) is 0 Å². The summed E-state index contributed by atoms with van der Waals surface area (Å²) in [5.74, 6) is 0. The second kappa shape index (κ2) is 13.1. The molecule has 0 spiro atoms. The monoisotopic (exact) mass is 620 g/mol. The summed E-state index contributed by atoms with van der Waals surface area (Å²) in [6, 6.07) is 10.1. The lowest BCUT2D eigenvalue weighted by molar-refractivity contribution is -0.0627. The second-order valence-electron chi connectivity index (χ2n) is 11.4. The Kier molecular flexibility index (Phi) is 9.88. The molecule has 3 N–H and O–H groups in total. The zero-order chi connectivity index (χ0) is 32.4. The van der Waals surface area contributed by atoms with Gasteiger partial charge in [-0.2, -0.15) is 0 Å². The maximum Gasteiger partial charge on any atom is 0.330 e. The SMILES string of the molecule is CC[C@H]1O[C@@H](n2ccc(=O)[nH]c2=O)[C@](C)(F)[C@@H]1O.CC[C@H]1O[C@@H](n2ccc(=O)[nH]c2=O)[C@](C)(F)[C@@H]1OCc1ccc(C)cc1. The van der Waals surface area contributed by atoms with Crippen molar-refractivity contribution in [1.82, 2.24) is 19.1 Å². The topological polar surface area (TPSA) is 158 Å². The Morgan fingerprint density at radius 3 is 1.75 bits per heavy atom. The molecule has 8 atom stereocenters. The number of rotatable bonds is 7. The maximum absolute atomic E-state index is 15.6. The summed E-state index contributed by atoms with van der Waals surface area (Å²) >= 11 is 0. The quantitative estimate of drug-likeness (QED) is 0.364. The molecule has 14 heteroatoms. The van der Waals surface area contributed by atoms with Crippen molar-refractivity contribution < 1.29 is 28.1 Å². The van der Waals surface area contributed by atoms with Crippen LogP contribution in [0.3, 0.4) is 0 Å². The van der Waals surface area contributed by atoms with E-state index in [1.54, 1.807) is 6.92 Å². The van der Waals surface area contributed by atoms with Gasteiger partial charge in [0.25, 0.3) is 11.1 Å². The van der Waals surface area contributed by atoms with E-state index in [0.29, 0.717) is 12.8 Å². The van der Waals surface area contributed by atoms with Crippen molar-refractivity contribution in [3.8, 4) is 0 Å². The molecule has 0 unspecified atom stereocenters. The van der Waals surface area contributed by atoms with Gasteiger partial charge in [0.15, 0.2) is 23.8 Å². The van der Waals surface area contributed by atoms with Crippen molar-refractivity contribution in [3.05, 3.63) is 102 Å². The van der Waals surface area contributed by atoms with E-state index in [9.17, 15) is 28.7 Å². The van der Waals surface area contributed by atoms with Crippen molar-refractivity contribution >= 4 is 0 Å². The third kappa shape index (κ3) is 6.67. The molecular formula is C30H38F2N4O8. The first kappa shape index (κ1) is 33.2. The molecule has 44 heavy (non-hydrogen) atoms. The number of ether oxygens (including phenoxy) is 3. The predicted molar refractivity (Wildman–Crippen MR) is 156 cm³/mol. The number of aromatic amines is 2. The van der Waals surface area contributed by atoms with Crippen LogP contribution in [0, 0.1) is 6.92 Å². The van der Waals surface area contributed by atoms with E-state index >= 15 is 4.39 Å². The average Bonchev–Trinajstić information content (AvgIpc) is 3.35. The number of halogens is 2. The summed E-state index contributed by atoms with van der Waals surface area (Å²) in [5.41, 5.74) is -4.54. The highest BCUT2D eigenvalue weighted by molar-refractivity contribution is 5.20. The van der Waals surface area contributed by atoms with E-state index in [4.69, 9.17) is 14.2 Å². The molecule has 5 rings (SSSR count). The number of hydrogen-bond acceptors (Lipinski definition) is 8. The van der Waals surface area contributed by atoms with Crippen molar-refractivity contribution in [2.24, 2.45) is 0 Å². The van der Waals surface area contributed by atoms with Gasteiger partial charge in [0.1, 0.15) is 12.2 Å². The molecule has 12 nitrogen and oxygen atoms in total. The zero-order valence-electron chi connectivity index (χ0n) is 25.2. The number of aliphatic hydroxyl groups excluding tert-OH is 1. The maximum atomic E-state index is 15.6. The Morgan fingerprint density at radius 2 is 1.30 bits per heavy atom. The number of alkyl halides is 2. The molecule has 2 saturated heterocycles. The minimum Gasteiger partial charge on any atom is -0.387 e. The van der Waals surface area contributed by atoms with Gasteiger partial charge in [-0.1, -0.05) is 43.7 Å². The minimum absolute atomic E-state index is 0.248. The highest BCUT2D eigenvalue weighted by Crippen LogP contribution is 2.44. The largest absolute Gasteiger partial charge is 0.387 e. The molecule has 2 aromatic heterocycles. The predicted octanol–water partition coefficient (Wildman–Crippen LogP) is 2.40. The number of nitrogens with one attached hydrogen (secondary N) is 2. The summed E-state index contributed by atoms with van der Waals surface area (Å²) in [5, 5.41) is 9.81. The smallest absolute Gasteiger partial charge is 0.330 e. The van der Waals surface area contributed by atoms with E-state index in [1.807, 2.05) is 43.1 Å². The molecule has 0 saturated carbocycles. The normalized spacial score (nSPS) is 31.5. The lowest BCUT2D eigenvalue weighted by atomic mass is 9.96. The van der Waals surface area contributed by atoms with Crippen LogP contribution in [0.5, 0.6) is 0 Å². The van der Waals surface area contributed by atoms with Gasteiger partial charge in [-0.05, 0) is 39.2 Å². The van der Waals surface area contributed by atoms with Gasteiger partial charge in [0, 0.05) is 24.5 Å². The van der Waals surface area contributed by atoms with Crippen molar-refractivity contribution in [3.63, 3.8) is 0 Å². The highest BCUT2D eigenvalue weighted by atomic mass is 19.1. The van der Waals surface area contributed by atoms with Gasteiger partial charge in [-0.3, -0.25) is 28.7 Å². The molecule has 240 valence electrons. The van der Waals surface area contributed by atoms with E-state index in [-0.39, 0.29) is 6.61 Å². The van der Waals surface area contributed by atoms with E-state index in [1.165, 1.54) is 26.1 Å². The second-order valence-corrected chi connectivity index (χ2v) is 11.4. The fraction of sp³-hybridized carbons (Fsp3) is 0.533. The van der Waals surface area contributed by atoms with Crippen LogP contribution in [-0.2, 0) is 20.8 Å². The molecule has 0 radical (unpaired) electrons. The number of nitrogens with zero attached hydrogens (tertiary/aromatic N) is 2. The summed E-state index contributed by atoms with van der Waals surface area (Å²) in [7, 11) is 0. The first-order valence-corrected chi connectivity index (χ1v) is 14.4. The zero-order valence-corrected chi connectivity index (χ0v) is 25.2. The van der Waals surface area contributed by atoms with Crippen LogP contribution in [0.1, 0.15) is 64.1 Å². The molecule has 2 aliphatic heterocycles. The Bertz CT molecular complexity index is 1660. The van der Waals surface area contributed by atoms with Gasteiger partial charge in [0.05, 0.1) is 18.8 Å². The van der Waals surface area contributed by atoms with Crippen molar-refractivity contribution in [1.29, 1.82) is 0 Å². The van der Waals surface area contributed by atoms with Crippen LogP contribution in [0.25, 0.3) is 0 Å². The van der Waals surface area contributed by atoms with Crippen LogP contribution >= 0.6 is 0 Å². The molecule has 0 bridgehead atoms. The summed E-state index contributed by atoms with van der Waals surface area (Å²) in [6.07, 6.45) is -2.37. The minimum atomic E-state index is -2.09. The standard InChI is InChI=1S/C19H23FN2O4.C11H15FN2O4/c1-4-14-16(25-11-13-7-5-12(2)6-8-13)19(3,20)17(26-14)22-10-9-15(23)21-18(22)24;1-3-6-8(16)11(2,12)9(18-6)14-5-4-7(15)13-10(14)17/h5-10,14,16-17H,4,11H2,1-3H3,(H,21,23,24);4-6,8-9,16H,3H2,1-2H3,(H,13,15,17)/t14-,16-,17-,19-;6-,8-,9-,11-/m11/s1. The van der Waals surface area contributed by atoms with Crippen LogP contribution in [0.2, 0.25) is 0 Å². The average molecular weight is 621 g/mol. The molecule has 2 aliphatic rings. The molecule has 2 fully saturated rings. The number of hydrogen-bond donors (Lipinski definition) is 3. The van der Waals surface area contributed by atoms with Gasteiger partial charge in [-0.25, -0.2) is 18.4 Å². The van der Waals surface area contributed by atoms with Gasteiger partial charge in [0.2, 0.25) is 0 Å². The fourth-order valence-corrected chi connectivity index (χ4v) is 5.43. The molecule has 1 aromatic carbocycles. The summed E-state index contributed by atoms with van der Waals surface area (Å²) < 4.78 is 49.1. The molecule has 3 aromatic rings. The fourth-order valence-electron chi connectivity index (χ4n) is 5.43. The third-order valence-corrected chi connectivity index (χ3v) is 7.96. The number of H-pyrrole nitrogens is 2. The Balaban J connectivity index is 0.000000215. The van der Waals surface area contributed by atoms with Gasteiger partial charge in [-0.15, -0.1) is 0 Å². The first-order valence-electron chi connectivity index (χ1n) is 14.4. The van der Waals surface area contributed by atoms with Crippen LogP contribution < -0.4 is 22.5 Å². The number of aryl methyl sites for hydroxylation is 1. The Morgan fingerprint density at radius 1 is 0.818 bits per heavy atom. The van der Waals surface area contributed by atoms with Crippen molar-refractivity contribution in [2.45, 2.75) is 102 Å². The van der Waals surface area contributed by atoms with Crippen LogP contribution in [0.4, 0.5) is 8.78 Å². The number of aliphatic hydroxyl groups is 1. The molecule has 0 aliphatic carbocycles. The molecule has 4 heterocycles. The van der Waals surface area contributed by atoms with Crippen LogP contribution in [-0.4, -0.2) is 60.0 Å². The van der Waals surface area contributed by atoms with Gasteiger partial charge >= 0.3 is 11.4 Å². The van der Waals surface area contributed by atoms with Gasteiger partial charge < -0.3 is 19.3 Å². The number of benzene rings is 1. The Hall–Kier alpha value is -3.72. The van der Waals surface area contributed by atoms with Crippen LogP contribution in [0.15, 0.2) is 68.0 Å². The molecular weight excluding hydrogens is 582 g/mol. The lowest BCUT2D eigenvalue weighted by Gasteiger charge is -2.28. The molecule has 0 amide bonds. The van der Waals surface area contributed by atoms with E-state index in [2.05, 4.69) is 4.98 Å². The third-order valence-electron chi connectivity index (χ3n) is 7.96. The Labute approximate surface area is 251 Å². The van der Waals surface area contributed by atoms with E-state index in [0.717, 1.165) is 32.5 Å². The first-order chi connectivity index (χ1) is 20.7. The number of aromatic nitrogens is 4. The lowest BCUT2D eigenvalue weighted by Crippen LogP contribution is -2.44. The van der Waals surface area contributed by atoms with E-state index < -0.39 is 70.7 Å². The highest BCUT2D eigenvalue weighted by Gasteiger charge is 2.56. The summed E-state index contributed by atoms with van der Waals surface area (Å²) in [4.78, 5) is 50.0.